The highest BCUT2D eigenvalue weighted by atomic mass is 19.4. The molecule has 0 unspecified atom stereocenters. The van der Waals surface area contributed by atoms with Crippen LogP contribution in [0.15, 0.2) is 24.3 Å². The normalized spacial score (nSPS) is 23.0. The lowest BCUT2D eigenvalue weighted by Crippen LogP contribution is -2.48. The first-order valence-corrected chi connectivity index (χ1v) is 6.20. The molecule has 1 atom stereocenters. The van der Waals surface area contributed by atoms with Gasteiger partial charge in [-0.3, -0.25) is 4.79 Å². The molecular formula is C13H11F6NO2. The first-order valence-electron chi connectivity index (χ1n) is 6.20. The maximum atomic E-state index is 12.8. The number of hydrogen-bond acceptors (Lipinski definition) is 2. The summed E-state index contributed by atoms with van der Waals surface area (Å²) in [5.74, 6) is -1.19. The maximum absolute atomic E-state index is 12.8. The van der Waals surface area contributed by atoms with Crippen LogP contribution in [0.5, 0.6) is 0 Å². The Morgan fingerprint density at radius 1 is 1.14 bits per heavy atom. The monoisotopic (exact) mass is 327 g/mol. The van der Waals surface area contributed by atoms with Crippen molar-refractivity contribution in [3.63, 3.8) is 0 Å². The van der Waals surface area contributed by atoms with Gasteiger partial charge in [0.2, 0.25) is 0 Å². The summed E-state index contributed by atoms with van der Waals surface area (Å²) in [6, 6.07) is 3.85. The third kappa shape index (κ3) is 2.90. The van der Waals surface area contributed by atoms with E-state index in [9.17, 15) is 36.2 Å². The Morgan fingerprint density at radius 3 is 2.23 bits per heavy atom. The lowest BCUT2D eigenvalue weighted by molar-refractivity contribution is -0.253. The summed E-state index contributed by atoms with van der Waals surface area (Å²) in [6.45, 7) is -1.55. The van der Waals surface area contributed by atoms with Gasteiger partial charge in [0.15, 0.2) is 5.60 Å². The van der Waals surface area contributed by atoms with Crippen molar-refractivity contribution < 1.29 is 36.2 Å². The molecule has 1 amide bonds. The SMILES string of the molecule is O=C(c1ccccc1C(F)(F)F)N1CC[C@@](O)(C(F)(F)F)C1. The summed E-state index contributed by atoms with van der Waals surface area (Å²) in [7, 11) is 0. The molecule has 1 fully saturated rings. The average Bonchev–Trinajstić information content (AvgIpc) is 2.80. The number of carbonyl (C=O) groups excluding carboxylic acids is 1. The highest BCUT2D eigenvalue weighted by Crippen LogP contribution is 2.39. The van der Waals surface area contributed by atoms with Gasteiger partial charge in [0, 0.05) is 13.0 Å². The Hall–Kier alpha value is -1.77. The number of halogens is 6. The van der Waals surface area contributed by atoms with Gasteiger partial charge < -0.3 is 10.0 Å². The summed E-state index contributed by atoms with van der Waals surface area (Å²) in [5, 5.41) is 9.48. The van der Waals surface area contributed by atoms with Gasteiger partial charge in [-0.05, 0) is 12.1 Å². The second kappa shape index (κ2) is 5.15. The maximum Gasteiger partial charge on any atom is 0.419 e. The molecule has 2 rings (SSSR count). The van der Waals surface area contributed by atoms with E-state index < -0.39 is 54.5 Å². The van der Waals surface area contributed by atoms with E-state index in [4.69, 9.17) is 0 Å². The number of benzene rings is 1. The summed E-state index contributed by atoms with van der Waals surface area (Å²) in [5.41, 5.74) is -5.04. The summed E-state index contributed by atoms with van der Waals surface area (Å²) in [6.07, 6.45) is -10.5. The van der Waals surface area contributed by atoms with Crippen molar-refractivity contribution in [3.8, 4) is 0 Å². The quantitative estimate of drug-likeness (QED) is 0.806. The first kappa shape index (κ1) is 16.6. The number of nitrogens with zero attached hydrogens (tertiary/aromatic N) is 1. The van der Waals surface area contributed by atoms with Crippen molar-refractivity contribution in [2.24, 2.45) is 0 Å². The van der Waals surface area contributed by atoms with Crippen LogP contribution in [0.2, 0.25) is 0 Å². The van der Waals surface area contributed by atoms with Crippen LogP contribution < -0.4 is 0 Å². The van der Waals surface area contributed by atoms with E-state index in [1.807, 2.05) is 0 Å². The molecule has 0 saturated carbocycles. The van der Waals surface area contributed by atoms with Crippen molar-refractivity contribution in [1.29, 1.82) is 0 Å². The van der Waals surface area contributed by atoms with E-state index in [0.29, 0.717) is 11.0 Å². The molecule has 1 aromatic carbocycles. The number of aliphatic hydroxyl groups is 1. The van der Waals surface area contributed by atoms with Gasteiger partial charge in [-0.15, -0.1) is 0 Å². The lowest BCUT2D eigenvalue weighted by atomic mass is 10.0. The highest BCUT2D eigenvalue weighted by Gasteiger charge is 2.58. The van der Waals surface area contributed by atoms with Gasteiger partial charge >= 0.3 is 12.4 Å². The average molecular weight is 327 g/mol. The van der Waals surface area contributed by atoms with Gasteiger partial charge in [-0.25, -0.2) is 0 Å². The van der Waals surface area contributed by atoms with E-state index in [2.05, 4.69) is 0 Å². The van der Waals surface area contributed by atoms with Crippen LogP contribution in [-0.4, -0.2) is 40.8 Å². The molecule has 1 aliphatic heterocycles. The van der Waals surface area contributed by atoms with E-state index in [1.54, 1.807) is 0 Å². The molecule has 1 heterocycles. The standard InChI is InChI=1S/C13H11F6NO2/c14-12(15,16)9-4-2-1-3-8(9)10(21)20-6-5-11(22,7-20)13(17,18)19/h1-4,22H,5-7H2/t11-/m0/s1. The molecule has 1 aromatic rings. The molecule has 1 aliphatic rings. The van der Waals surface area contributed by atoms with Crippen molar-refractivity contribution in [2.75, 3.05) is 13.1 Å². The molecule has 0 radical (unpaired) electrons. The number of likely N-dealkylation sites (tertiary alicyclic amines) is 1. The fraction of sp³-hybridized carbons (Fsp3) is 0.462. The number of hydrogen-bond donors (Lipinski definition) is 1. The molecule has 9 heteroatoms. The third-order valence-electron chi connectivity index (χ3n) is 3.53. The summed E-state index contributed by atoms with van der Waals surface area (Å²) < 4.78 is 76.6. The second-order valence-corrected chi connectivity index (χ2v) is 5.05. The largest absolute Gasteiger partial charge is 0.419 e. The van der Waals surface area contributed by atoms with Crippen LogP contribution in [-0.2, 0) is 6.18 Å². The van der Waals surface area contributed by atoms with E-state index in [1.165, 1.54) is 6.07 Å². The summed E-state index contributed by atoms with van der Waals surface area (Å²) >= 11 is 0. The smallest absolute Gasteiger partial charge is 0.379 e. The van der Waals surface area contributed by atoms with Crippen molar-refractivity contribution >= 4 is 5.91 Å². The van der Waals surface area contributed by atoms with Crippen molar-refractivity contribution in [3.05, 3.63) is 35.4 Å². The molecule has 0 spiro atoms. The zero-order valence-corrected chi connectivity index (χ0v) is 11.0. The van der Waals surface area contributed by atoms with E-state index in [-0.39, 0.29) is 0 Å². The van der Waals surface area contributed by atoms with Crippen LogP contribution in [0, 0.1) is 0 Å². The molecule has 3 nitrogen and oxygen atoms in total. The number of β-amino-alcohol motifs (C(OH)–C–C–N with tert-alkyl or cyclic N) is 1. The number of alkyl halides is 6. The van der Waals surface area contributed by atoms with Gasteiger partial charge in [0.25, 0.3) is 5.91 Å². The van der Waals surface area contributed by atoms with Crippen LogP contribution in [0.4, 0.5) is 26.3 Å². The Labute approximate surface area is 121 Å². The number of rotatable bonds is 1. The Morgan fingerprint density at radius 2 is 1.73 bits per heavy atom. The highest BCUT2D eigenvalue weighted by molar-refractivity contribution is 5.96. The Balaban J connectivity index is 2.29. The zero-order chi connectivity index (χ0) is 16.8. The van der Waals surface area contributed by atoms with Gasteiger partial charge in [-0.1, -0.05) is 12.1 Å². The van der Waals surface area contributed by atoms with Crippen LogP contribution >= 0.6 is 0 Å². The zero-order valence-electron chi connectivity index (χ0n) is 11.0. The summed E-state index contributed by atoms with van der Waals surface area (Å²) in [4.78, 5) is 12.7. The van der Waals surface area contributed by atoms with Crippen molar-refractivity contribution in [2.45, 2.75) is 24.4 Å². The minimum Gasteiger partial charge on any atom is -0.379 e. The minimum absolute atomic E-state index is 0.471. The molecule has 22 heavy (non-hydrogen) atoms. The molecule has 0 bridgehead atoms. The third-order valence-corrected chi connectivity index (χ3v) is 3.53. The van der Waals surface area contributed by atoms with E-state index in [0.717, 1.165) is 12.1 Å². The Bertz CT molecular complexity index is 583. The van der Waals surface area contributed by atoms with Gasteiger partial charge in [0.1, 0.15) is 0 Å². The topological polar surface area (TPSA) is 40.5 Å². The number of carbonyl (C=O) groups is 1. The van der Waals surface area contributed by atoms with Crippen LogP contribution in [0.25, 0.3) is 0 Å². The van der Waals surface area contributed by atoms with Crippen LogP contribution in [0.1, 0.15) is 22.3 Å². The van der Waals surface area contributed by atoms with Crippen molar-refractivity contribution in [1.82, 2.24) is 4.90 Å². The second-order valence-electron chi connectivity index (χ2n) is 5.05. The molecule has 0 aliphatic carbocycles. The molecule has 0 aromatic heterocycles. The minimum atomic E-state index is -4.95. The van der Waals surface area contributed by atoms with Gasteiger partial charge in [0.05, 0.1) is 17.7 Å². The fourth-order valence-corrected chi connectivity index (χ4v) is 2.29. The number of amides is 1. The Kier molecular flexibility index (Phi) is 3.88. The lowest BCUT2D eigenvalue weighted by Gasteiger charge is -2.26. The predicted octanol–water partition coefficient (Wildman–Crippen LogP) is 2.84. The van der Waals surface area contributed by atoms with Crippen LogP contribution in [0.3, 0.4) is 0 Å². The van der Waals surface area contributed by atoms with Gasteiger partial charge in [-0.2, -0.15) is 26.3 Å². The fourth-order valence-electron chi connectivity index (χ4n) is 2.29. The molecule has 122 valence electrons. The van der Waals surface area contributed by atoms with E-state index >= 15 is 0 Å². The molecule has 1 saturated heterocycles. The first-order chi connectivity index (χ1) is 9.96. The predicted molar refractivity (Wildman–Crippen MR) is 63.0 cm³/mol. The molecular weight excluding hydrogens is 316 g/mol. The molecule has 1 N–H and O–H groups in total.